The maximum absolute atomic E-state index is 12.6. The maximum Gasteiger partial charge on any atom is 0.305 e. The Bertz CT molecular complexity index is 937. The van der Waals surface area contributed by atoms with E-state index in [2.05, 4.69) is 65.4 Å². The first-order chi connectivity index (χ1) is 31.2. The van der Waals surface area contributed by atoms with E-state index >= 15 is 0 Å². The molecule has 0 heterocycles. The molecule has 382 valence electrons. The van der Waals surface area contributed by atoms with E-state index in [0.717, 1.165) is 77.3 Å². The minimum Gasteiger partial charge on any atom is -0.465 e. The van der Waals surface area contributed by atoms with Gasteiger partial charge in [0.2, 0.25) is 0 Å². The second kappa shape index (κ2) is 46.9. The smallest absolute Gasteiger partial charge is 0.305 e. The molecule has 0 fully saturated rings. The van der Waals surface area contributed by atoms with Crippen LogP contribution in [0, 0.1) is 17.8 Å². The minimum atomic E-state index is -0.369. The van der Waals surface area contributed by atoms with Gasteiger partial charge < -0.3 is 19.5 Å². The molecule has 0 aromatic carbocycles. The number of rotatable bonds is 50. The van der Waals surface area contributed by atoms with Crippen LogP contribution < -0.4 is 0 Å². The molecule has 0 aliphatic heterocycles. The molecular weight excluding hydrogens is 793 g/mol. The van der Waals surface area contributed by atoms with Gasteiger partial charge in [0.05, 0.1) is 13.2 Å². The summed E-state index contributed by atoms with van der Waals surface area (Å²) in [7, 11) is 4.32. The molecule has 0 bridgehead atoms. The summed E-state index contributed by atoms with van der Waals surface area (Å²) in [5.74, 6) is 1.39. The Labute approximate surface area is 400 Å². The first-order valence-corrected chi connectivity index (χ1v) is 28.6. The summed E-state index contributed by atoms with van der Waals surface area (Å²) in [6.45, 7) is 16.8. The standard InChI is InChI=1S/C57H114N2O5/c1-9-15-20-30-40-51(38-17-11-3)49-63-55(60)45-34-28-24-22-26-32-43-54(59(48-37-36-47-58(7)8)57(62)53(14-6)42-19-13-5)44-33-27-23-25-29-35-46-56(61)64-50-52(39-18-12-4)41-31-21-16-10-2/h51-54,57,62H,9-50H2,1-8H3. The van der Waals surface area contributed by atoms with E-state index < -0.39 is 0 Å². The van der Waals surface area contributed by atoms with Crippen LogP contribution in [0.5, 0.6) is 0 Å². The molecule has 4 atom stereocenters. The van der Waals surface area contributed by atoms with Gasteiger partial charge in [-0.05, 0) is 115 Å². The van der Waals surface area contributed by atoms with Crippen LogP contribution in [0.2, 0.25) is 0 Å². The van der Waals surface area contributed by atoms with Crippen molar-refractivity contribution >= 4 is 11.9 Å². The van der Waals surface area contributed by atoms with E-state index in [-0.39, 0.29) is 18.2 Å². The van der Waals surface area contributed by atoms with Crippen LogP contribution in [0.3, 0.4) is 0 Å². The monoisotopic (exact) mass is 907 g/mol. The Balaban J connectivity index is 5.06. The van der Waals surface area contributed by atoms with E-state index in [4.69, 9.17) is 9.47 Å². The lowest BCUT2D eigenvalue weighted by Crippen LogP contribution is -2.47. The fraction of sp³-hybridized carbons (Fsp3) is 0.965. The van der Waals surface area contributed by atoms with E-state index in [9.17, 15) is 14.7 Å². The van der Waals surface area contributed by atoms with Gasteiger partial charge in [0.15, 0.2) is 0 Å². The van der Waals surface area contributed by atoms with Gasteiger partial charge in [-0.25, -0.2) is 0 Å². The van der Waals surface area contributed by atoms with E-state index in [1.54, 1.807) is 0 Å². The van der Waals surface area contributed by atoms with Crippen molar-refractivity contribution in [3.8, 4) is 0 Å². The molecule has 0 amide bonds. The number of aliphatic hydroxyl groups is 1. The van der Waals surface area contributed by atoms with Crippen molar-refractivity contribution in [3.05, 3.63) is 0 Å². The van der Waals surface area contributed by atoms with Crippen molar-refractivity contribution in [3.63, 3.8) is 0 Å². The van der Waals surface area contributed by atoms with Crippen molar-refractivity contribution in [2.24, 2.45) is 17.8 Å². The number of unbranched alkanes of at least 4 members (excludes halogenated alkanes) is 20. The molecule has 7 nitrogen and oxygen atoms in total. The highest BCUT2D eigenvalue weighted by Gasteiger charge is 2.29. The van der Waals surface area contributed by atoms with Crippen LogP contribution in [-0.4, -0.2) is 79.5 Å². The predicted octanol–water partition coefficient (Wildman–Crippen LogP) is 16.4. The molecule has 4 unspecified atom stereocenters. The SMILES string of the molecule is CCCCCCC(CCCC)COC(=O)CCCCCCCCC(CCCCCCCCC(=O)OCC(CCCC)CCCCCC)N(CCCCN(C)C)C(O)C(CC)CCCC. The Kier molecular flexibility index (Phi) is 46.0. The molecule has 0 aromatic heterocycles. The summed E-state index contributed by atoms with van der Waals surface area (Å²) < 4.78 is 11.6. The van der Waals surface area contributed by atoms with Crippen molar-refractivity contribution in [1.82, 2.24) is 9.80 Å². The highest BCUT2D eigenvalue weighted by atomic mass is 16.5. The first-order valence-electron chi connectivity index (χ1n) is 28.6. The second-order valence-electron chi connectivity index (χ2n) is 20.5. The Hall–Kier alpha value is -1.18. The quantitative estimate of drug-likeness (QED) is 0.0370. The van der Waals surface area contributed by atoms with Crippen molar-refractivity contribution in [2.75, 3.05) is 40.4 Å². The van der Waals surface area contributed by atoms with Crippen LogP contribution >= 0.6 is 0 Å². The van der Waals surface area contributed by atoms with Gasteiger partial charge in [-0.15, -0.1) is 0 Å². The third-order valence-electron chi connectivity index (χ3n) is 14.1. The first kappa shape index (κ1) is 62.8. The minimum absolute atomic E-state index is 0.000940. The van der Waals surface area contributed by atoms with Gasteiger partial charge in [-0.2, -0.15) is 0 Å². The lowest BCUT2D eigenvalue weighted by atomic mass is 9.93. The Morgan fingerprint density at radius 1 is 0.422 bits per heavy atom. The molecular formula is C57H114N2O5. The number of nitrogens with zero attached hydrogens (tertiary/aromatic N) is 2. The number of hydrogen-bond acceptors (Lipinski definition) is 7. The van der Waals surface area contributed by atoms with Gasteiger partial charge in [0, 0.05) is 25.4 Å². The summed E-state index contributed by atoms with van der Waals surface area (Å²) >= 11 is 0. The predicted molar refractivity (Wildman–Crippen MR) is 277 cm³/mol. The summed E-state index contributed by atoms with van der Waals surface area (Å²) in [5.41, 5.74) is 0. The number of ether oxygens (including phenoxy) is 2. The largest absolute Gasteiger partial charge is 0.465 e. The fourth-order valence-electron chi connectivity index (χ4n) is 9.64. The molecule has 1 N–H and O–H groups in total. The van der Waals surface area contributed by atoms with Crippen LogP contribution in [-0.2, 0) is 19.1 Å². The molecule has 7 heteroatoms. The number of aliphatic hydroxyl groups excluding tert-OH is 1. The number of carbonyl (C=O) groups is 2. The molecule has 0 saturated carbocycles. The molecule has 0 aliphatic rings. The third kappa shape index (κ3) is 37.9. The zero-order chi connectivity index (χ0) is 47.3. The fourth-order valence-corrected chi connectivity index (χ4v) is 9.64. The highest BCUT2D eigenvalue weighted by Crippen LogP contribution is 2.28. The van der Waals surface area contributed by atoms with Gasteiger partial charge >= 0.3 is 11.9 Å². The second-order valence-corrected chi connectivity index (χ2v) is 20.5. The van der Waals surface area contributed by atoms with Gasteiger partial charge in [-0.1, -0.05) is 196 Å². The van der Waals surface area contributed by atoms with Crippen LogP contribution in [0.25, 0.3) is 0 Å². The van der Waals surface area contributed by atoms with Gasteiger partial charge in [-0.3, -0.25) is 14.5 Å². The van der Waals surface area contributed by atoms with Gasteiger partial charge in [0.1, 0.15) is 6.23 Å². The Morgan fingerprint density at radius 3 is 1.20 bits per heavy atom. The lowest BCUT2D eigenvalue weighted by Gasteiger charge is -2.39. The van der Waals surface area contributed by atoms with Crippen LogP contribution in [0.15, 0.2) is 0 Å². The third-order valence-corrected chi connectivity index (χ3v) is 14.1. The van der Waals surface area contributed by atoms with E-state index in [0.29, 0.717) is 49.9 Å². The topological polar surface area (TPSA) is 79.3 Å². The summed E-state index contributed by atoms with van der Waals surface area (Å²) in [6, 6.07) is 0.412. The van der Waals surface area contributed by atoms with Crippen LogP contribution in [0.1, 0.15) is 286 Å². The average Bonchev–Trinajstić information content (AvgIpc) is 3.29. The molecule has 0 saturated heterocycles. The highest BCUT2D eigenvalue weighted by molar-refractivity contribution is 5.69. The molecule has 0 aromatic rings. The molecule has 64 heavy (non-hydrogen) atoms. The lowest BCUT2D eigenvalue weighted by molar-refractivity contribution is -0.146. The molecule has 0 radical (unpaired) electrons. The zero-order valence-electron chi connectivity index (χ0n) is 44.6. The number of carbonyl (C=O) groups excluding carboxylic acids is 2. The van der Waals surface area contributed by atoms with E-state index in [1.807, 2.05) is 0 Å². The van der Waals surface area contributed by atoms with Crippen molar-refractivity contribution < 1.29 is 24.2 Å². The molecule has 0 rings (SSSR count). The zero-order valence-corrected chi connectivity index (χ0v) is 44.6. The van der Waals surface area contributed by atoms with E-state index in [1.165, 1.54) is 167 Å². The Morgan fingerprint density at radius 2 is 0.781 bits per heavy atom. The normalized spacial score (nSPS) is 14.2. The number of esters is 2. The average molecular weight is 908 g/mol. The summed E-state index contributed by atoms with van der Waals surface area (Å²) in [6.07, 6.45) is 43.4. The van der Waals surface area contributed by atoms with Crippen molar-refractivity contribution in [2.45, 2.75) is 298 Å². The van der Waals surface area contributed by atoms with Crippen LogP contribution in [0.4, 0.5) is 0 Å². The van der Waals surface area contributed by atoms with Gasteiger partial charge in [0.25, 0.3) is 0 Å². The van der Waals surface area contributed by atoms with Crippen molar-refractivity contribution in [1.29, 1.82) is 0 Å². The molecule has 0 aliphatic carbocycles. The summed E-state index contributed by atoms with van der Waals surface area (Å²) in [5, 5.41) is 12.0. The maximum atomic E-state index is 12.6. The number of hydrogen-bond donors (Lipinski definition) is 1. The molecule has 0 spiro atoms. The summed E-state index contributed by atoms with van der Waals surface area (Å²) in [4.78, 5) is 30.1.